The summed E-state index contributed by atoms with van der Waals surface area (Å²) < 4.78 is 0. The van der Waals surface area contributed by atoms with E-state index in [4.69, 9.17) is 0 Å². The number of hydrogen-bond acceptors (Lipinski definition) is 2. The molecule has 1 aromatic carbocycles. The molecule has 0 saturated carbocycles. The molecule has 1 aromatic rings. The molecule has 0 radical (unpaired) electrons. The van der Waals surface area contributed by atoms with Crippen LogP contribution in [0, 0.1) is 19.8 Å². The number of aryl methyl sites for hydroxylation is 2. The largest absolute Gasteiger partial charge is 0.374 e. The van der Waals surface area contributed by atoms with Gasteiger partial charge in [-0.05, 0) is 63.7 Å². The van der Waals surface area contributed by atoms with Gasteiger partial charge in [0.05, 0.1) is 0 Å². The van der Waals surface area contributed by atoms with Crippen molar-refractivity contribution in [3.63, 3.8) is 0 Å². The Labute approximate surface area is 111 Å². The van der Waals surface area contributed by atoms with E-state index < -0.39 is 0 Å². The molecule has 2 nitrogen and oxygen atoms in total. The lowest BCUT2D eigenvalue weighted by molar-refractivity contribution is 0.360. The van der Waals surface area contributed by atoms with E-state index in [1.54, 1.807) is 0 Å². The monoisotopic (exact) mass is 246 g/mol. The minimum Gasteiger partial charge on any atom is -0.374 e. The van der Waals surface area contributed by atoms with Crippen molar-refractivity contribution in [2.24, 2.45) is 5.92 Å². The molecule has 1 aliphatic rings. The van der Waals surface area contributed by atoms with Crippen LogP contribution in [0.4, 0.5) is 5.69 Å². The van der Waals surface area contributed by atoms with E-state index >= 15 is 0 Å². The first-order valence-corrected chi connectivity index (χ1v) is 7.16. The highest BCUT2D eigenvalue weighted by molar-refractivity contribution is 5.53. The third-order valence-corrected chi connectivity index (χ3v) is 4.04. The number of nitrogens with zero attached hydrogens (tertiary/aromatic N) is 1. The van der Waals surface area contributed by atoms with Crippen LogP contribution in [0.25, 0.3) is 0 Å². The maximum Gasteiger partial charge on any atom is 0.0393 e. The Morgan fingerprint density at radius 3 is 2.83 bits per heavy atom. The van der Waals surface area contributed by atoms with Crippen molar-refractivity contribution in [1.82, 2.24) is 5.32 Å². The second-order valence-corrected chi connectivity index (χ2v) is 5.71. The summed E-state index contributed by atoms with van der Waals surface area (Å²) in [7, 11) is 2.22. The summed E-state index contributed by atoms with van der Waals surface area (Å²) in [6, 6.07) is 6.73. The average Bonchev–Trinajstić information content (AvgIpc) is 2.37. The van der Waals surface area contributed by atoms with Crippen molar-refractivity contribution in [2.45, 2.75) is 33.1 Å². The molecule has 1 aliphatic heterocycles. The number of nitrogens with one attached hydrogen (secondary N) is 1. The second kappa shape index (κ2) is 6.24. The fourth-order valence-electron chi connectivity index (χ4n) is 2.90. The SMILES string of the molecule is Cc1ccc(N(C)CCC2CCCNC2)c(C)c1. The maximum atomic E-state index is 3.50. The van der Waals surface area contributed by atoms with Crippen molar-refractivity contribution in [1.29, 1.82) is 0 Å². The van der Waals surface area contributed by atoms with Gasteiger partial charge >= 0.3 is 0 Å². The van der Waals surface area contributed by atoms with Crippen LogP contribution in [0.15, 0.2) is 18.2 Å². The predicted octanol–water partition coefficient (Wildman–Crippen LogP) is 3.13. The van der Waals surface area contributed by atoms with Crippen molar-refractivity contribution >= 4 is 5.69 Å². The molecule has 2 rings (SSSR count). The van der Waals surface area contributed by atoms with Gasteiger partial charge in [-0.1, -0.05) is 17.7 Å². The van der Waals surface area contributed by atoms with Gasteiger partial charge in [0, 0.05) is 19.3 Å². The summed E-state index contributed by atoms with van der Waals surface area (Å²) in [4.78, 5) is 2.41. The van der Waals surface area contributed by atoms with Crippen LogP contribution >= 0.6 is 0 Å². The van der Waals surface area contributed by atoms with Gasteiger partial charge in [0.25, 0.3) is 0 Å². The molecule has 0 aliphatic carbocycles. The maximum absolute atomic E-state index is 3.50. The van der Waals surface area contributed by atoms with E-state index in [0.29, 0.717) is 0 Å². The third kappa shape index (κ3) is 3.49. The molecule has 1 saturated heterocycles. The first kappa shape index (κ1) is 13.4. The number of benzene rings is 1. The molecule has 1 unspecified atom stereocenters. The van der Waals surface area contributed by atoms with Gasteiger partial charge in [-0.2, -0.15) is 0 Å². The molecule has 18 heavy (non-hydrogen) atoms. The minimum absolute atomic E-state index is 0.868. The second-order valence-electron chi connectivity index (χ2n) is 5.71. The fraction of sp³-hybridized carbons (Fsp3) is 0.625. The quantitative estimate of drug-likeness (QED) is 0.878. The molecule has 1 heterocycles. The average molecular weight is 246 g/mol. The molecular formula is C16H26N2. The molecule has 0 aromatic heterocycles. The summed E-state index contributed by atoms with van der Waals surface area (Å²) in [6.45, 7) is 7.95. The number of anilines is 1. The van der Waals surface area contributed by atoms with Crippen molar-refractivity contribution < 1.29 is 0 Å². The van der Waals surface area contributed by atoms with Gasteiger partial charge in [-0.25, -0.2) is 0 Å². The highest BCUT2D eigenvalue weighted by Crippen LogP contribution is 2.22. The zero-order valence-corrected chi connectivity index (χ0v) is 12.0. The summed E-state index contributed by atoms with van der Waals surface area (Å²) >= 11 is 0. The molecule has 1 N–H and O–H groups in total. The molecule has 0 spiro atoms. The van der Waals surface area contributed by atoms with Crippen LogP contribution in [0.1, 0.15) is 30.4 Å². The summed E-state index contributed by atoms with van der Waals surface area (Å²) in [5.41, 5.74) is 4.12. The van der Waals surface area contributed by atoms with Gasteiger partial charge in [0.2, 0.25) is 0 Å². The molecule has 1 fully saturated rings. The lowest BCUT2D eigenvalue weighted by Crippen LogP contribution is -2.32. The van der Waals surface area contributed by atoms with E-state index in [9.17, 15) is 0 Å². The number of piperidine rings is 1. The zero-order valence-electron chi connectivity index (χ0n) is 12.0. The molecule has 0 bridgehead atoms. The Hall–Kier alpha value is -1.02. The standard InChI is InChI=1S/C16H26N2/c1-13-6-7-16(14(2)11-13)18(3)10-8-15-5-4-9-17-12-15/h6-7,11,15,17H,4-5,8-10,12H2,1-3H3. The lowest BCUT2D eigenvalue weighted by Gasteiger charge is -2.27. The Balaban J connectivity index is 1.88. The van der Waals surface area contributed by atoms with Gasteiger partial charge in [-0.15, -0.1) is 0 Å². The van der Waals surface area contributed by atoms with Crippen LogP contribution in [-0.4, -0.2) is 26.7 Å². The molecule has 1 atom stereocenters. The van der Waals surface area contributed by atoms with Crippen molar-refractivity contribution in [3.8, 4) is 0 Å². The van der Waals surface area contributed by atoms with Gasteiger partial charge in [0.1, 0.15) is 0 Å². The van der Waals surface area contributed by atoms with E-state index in [-0.39, 0.29) is 0 Å². The van der Waals surface area contributed by atoms with Crippen molar-refractivity contribution in [2.75, 3.05) is 31.6 Å². The first-order valence-electron chi connectivity index (χ1n) is 7.16. The summed E-state index contributed by atoms with van der Waals surface area (Å²) in [6.07, 6.45) is 4.04. The van der Waals surface area contributed by atoms with E-state index in [1.807, 2.05) is 0 Å². The summed E-state index contributed by atoms with van der Waals surface area (Å²) in [5, 5.41) is 3.50. The van der Waals surface area contributed by atoms with Crippen LogP contribution < -0.4 is 10.2 Å². The van der Waals surface area contributed by atoms with Crippen LogP contribution in [-0.2, 0) is 0 Å². The van der Waals surface area contributed by atoms with Gasteiger partial charge < -0.3 is 10.2 Å². The lowest BCUT2D eigenvalue weighted by atomic mass is 9.96. The third-order valence-electron chi connectivity index (χ3n) is 4.04. The van der Waals surface area contributed by atoms with Gasteiger partial charge in [-0.3, -0.25) is 0 Å². The Kier molecular flexibility index (Phi) is 4.65. The highest BCUT2D eigenvalue weighted by atomic mass is 15.1. The van der Waals surface area contributed by atoms with Crippen molar-refractivity contribution in [3.05, 3.63) is 29.3 Å². The van der Waals surface area contributed by atoms with Crippen LogP contribution in [0.3, 0.4) is 0 Å². The Bertz CT molecular complexity index is 381. The van der Waals surface area contributed by atoms with Crippen LogP contribution in [0.5, 0.6) is 0 Å². The topological polar surface area (TPSA) is 15.3 Å². The highest BCUT2D eigenvalue weighted by Gasteiger charge is 2.14. The zero-order chi connectivity index (χ0) is 13.0. The Morgan fingerprint density at radius 1 is 1.33 bits per heavy atom. The van der Waals surface area contributed by atoms with E-state index in [0.717, 1.165) is 12.5 Å². The molecule has 100 valence electrons. The number of hydrogen-bond donors (Lipinski definition) is 1. The number of rotatable bonds is 4. The van der Waals surface area contributed by atoms with E-state index in [1.165, 1.54) is 49.2 Å². The minimum atomic E-state index is 0.868. The smallest absolute Gasteiger partial charge is 0.0393 e. The summed E-state index contributed by atoms with van der Waals surface area (Å²) in [5.74, 6) is 0.868. The van der Waals surface area contributed by atoms with Gasteiger partial charge in [0.15, 0.2) is 0 Å². The first-order chi connectivity index (χ1) is 8.66. The van der Waals surface area contributed by atoms with E-state index in [2.05, 4.69) is 49.3 Å². The fourth-order valence-corrected chi connectivity index (χ4v) is 2.90. The Morgan fingerprint density at radius 2 is 2.17 bits per heavy atom. The molecule has 0 amide bonds. The molecule has 2 heteroatoms. The molecular weight excluding hydrogens is 220 g/mol. The normalized spacial score (nSPS) is 19.8. The van der Waals surface area contributed by atoms with Crippen LogP contribution in [0.2, 0.25) is 0 Å². The predicted molar refractivity (Wildman–Crippen MR) is 79.4 cm³/mol.